The first-order valence-corrected chi connectivity index (χ1v) is 16.9. The van der Waals surface area contributed by atoms with Crippen molar-refractivity contribution in [3.63, 3.8) is 0 Å². The highest BCUT2D eigenvalue weighted by molar-refractivity contribution is 7.89. The second-order valence-electron chi connectivity index (χ2n) is 11.1. The minimum atomic E-state index is -3.58. The maximum absolute atomic E-state index is 14.1. The van der Waals surface area contributed by atoms with E-state index in [-0.39, 0.29) is 49.6 Å². The van der Waals surface area contributed by atoms with Crippen LogP contribution < -0.4 is 24.2 Å². The zero-order chi connectivity index (χ0) is 33.2. The van der Waals surface area contributed by atoms with Gasteiger partial charge >= 0.3 is 0 Å². The number of benzene rings is 4. The van der Waals surface area contributed by atoms with Gasteiger partial charge in [0.1, 0.15) is 11.8 Å². The Balaban J connectivity index is 1.38. The maximum atomic E-state index is 14.1. The number of fused-ring (bicyclic) bond motifs is 1. The van der Waals surface area contributed by atoms with Gasteiger partial charge in [0.25, 0.3) is 0 Å². The Morgan fingerprint density at radius 1 is 0.851 bits per heavy atom. The minimum Gasteiger partial charge on any atom is -0.497 e. The molecular weight excluding hydrogens is 618 g/mol. The molecule has 4 aromatic carbocycles. The van der Waals surface area contributed by atoms with Crippen LogP contribution >= 0.6 is 0 Å². The molecule has 0 spiro atoms. The van der Waals surface area contributed by atoms with E-state index in [0.29, 0.717) is 30.1 Å². The Morgan fingerprint density at radius 3 is 2.23 bits per heavy atom. The number of nitrogens with zero attached hydrogens (tertiary/aromatic N) is 1. The molecule has 11 heteroatoms. The number of carbonyl (C=O) groups is 2. The number of rotatable bonds is 15. The van der Waals surface area contributed by atoms with E-state index < -0.39 is 16.1 Å². The second kappa shape index (κ2) is 15.6. The molecule has 246 valence electrons. The molecule has 4 aromatic rings. The van der Waals surface area contributed by atoms with Crippen LogP contribution in [0.2, 0.25) is 0 Å². The molecule has 1 aliphatic heterocycles. The number of nitrogens with one attached hydrogen (secondary N) is 2. The Kier molecular flexibility index (Phi) is 11.1. The summed E-state index contributed by atoms with van der Waals surface area (Å²) in [6.45, 7) is 2.62. The van der Waals surface area contributed by atoms with Crippen molar-refractivity contribution in [2.75, 3.05) is 20.4 Å². The lowest BCUT2D eigenvalue weighted by atomic mass is 10.0. The summed E-state index contributed by atoms with van der Waals surface area (Å²) in [5.74, 6) is 1.48. The van der Waals surface area contributed by atoms with Gasteiger partial charge in [-0.05, 0) is 65.1 Å². The van der Waals surface area contributed by atoms with Gasteiger partial charge in [0, 0.05) is 32.5 Å². The predicted molar refractivity (Wildman–Crippen MR) is 178 cm³/mol. The van der Waals surface area contributed by atoms with Crippen molar-refractivity contribution >= 4 is 21.8 Å². The molecular formula is C36H39N3O7S. The quantitative estimate of drug-likeness (QED) is 0.191. The average molecular weight is 658 g/mol. The van der Waals surface area contributed by atoms with Crippen molar-refractivity contribution in [1.29, 1.82) is 0 Å². The van der Waals surface area contributed by atoms with E-state index in [1.807, 2.05) is 72.8 Å². The van der Waals surface area contributed by atoms with Crippen molar-refractivity contribution in [2.24, 2.45) is 0 Å². The summed E-state index contributed by atoms with van der Waals surface area (Å²) >= 11 is 0. The molecule has 2 N–H and O–H groups in total. The van der Waals surface area contributed by atoms with Crippen molar-refractivity contribution in [3.05, 3.63) is 119 Å². The number of methoxy groups -OCH3 is 1. The Bertz CT molecular complexity index is 1760. The van der Waals surface area contributed by atoms with E-state index in [2.05, 4.69) is 10.0 Å². The molecule has 1 atom stereocenters. The fourth-order valence-corrected chi connectivity index (χ4v) is 6.38. The highest BCUT2D eigenvalue weighted by Crippen LogP contribution is 2.32. The molecule has 2 amide bonds. The van der Waals surface area contributed by atoms with E-state index >= 15 is 0 Å². The fraction of sp³-hybridized carbons (Fsp3) is 0.278. The molecule has 0 saturated heterocycles. The van der Waals surface area contributed by atoms with Crippen molar-refractivity contribution in [3.8, 4) is 17.2 Å². The molecule has 1 heterocycles. The molecule has 47 heavy (non-hydrogen) atoms. The summed E-state index contributed by atoms with van der Waals surface area (Å²) in [5.41, 5.74) is 3.42. The number of aryl methyl sites for hydroxylation is 1. The molecule has 0 fully saturated rings. The molecule has 5 rings (SSSR count). The first kappa shape index (κ1) is 33.5. The number of ether oxygens (including phenoxy) is 3. The Labute approximate surface area is 275 Å². The highest BCUT2D eigenvalue weighted by Gasteiger charge is 2.30. The molecule has 1 aliphatic rings. The monoisotopic (exact) mass is 657 g/mol. The minimum absolute atomic E-state index is 0.121. The van der Waals surface area contributed by atoms with Gasteiger partial charge in [-0.25, -0.2) is 13.1 Å². The van der Waals surface area contributed by atoms with Crippen LogP contribution in [0.25, 0.3) is 0 Å². The highest BCUT2D eigenvalue weighted by atomic mass is 32.2. The molecule has 10 nitrogen and oxygen atoms in total. The second-order valence-corrected chi connectivity index (χ2v) is 12.9. The molecule has 0 aliphatic carbocycles. The predicted octanol–water partition coefficient (Wildman–Crippen LogP) is 4.61. The Morgan fingerprint density at radius 2 is 1.53 bits per heavy atom. The van der Waals surface area contributed by atoms with Crippen LogP contribution in [0.15, 0.2) is 102 Å². The summed E-state index contributed by atoms with van der Waals surface area (Å²) < 4.78 is 43.4. The smallest absolute Gasteiger partial charge is 0.243 e. The fourth-order valence-electron chi connectivity index (χ4n) is 5.34. The lowest BCUT2D eigenvalue weighted by molar-refractivity contribution is -0.141. The lowest BCUT2D eigenvalue weighted by Crippen LogP contribution is -2.50. The number of sulfonamides is 1. The standard InChI is InChI=1S/C36H39N3O7S/c1-3-38-47(42,43)31-17-11-26(12-18-31)14-20-35(40)39(24-28-9-15-30(44-2)16-10-28)32(21-27-7-5-4-6-8-27)36(41)37-23-29-13-19-33-34(22-29)46-25-45-33/h4-13,15-19,22,32,38H,3,14,20-21,23-25H2,1-2H3,(H,37,41)/t32-/m1/s1. The van der Waals surface area contributed by atoms with E-state index in [4.69, 9.17) is 14.2 Å². The third-order valence-corrected chi connectivity index (χ3v) is 9.44. The summed E-state index contributed by atoms with van der Waals surface area (Å²) in [4.78, 5) is 29.9. The third-order valence-electron chi connectivity index (χ3n) is 7.88. The van der Waals surface area contributed by atoms with Crippen molar-refractivity contribution in [1.82, 2.24) is 14.9 Å². The zero-order valence-corrected chi connectivity index (χ0v) is 27.3. The first-order chi connectivity index (χ1) is 22.8. The number of hydrogen-bond donors (Lipinski definition) is 2. The summed E-state index contributed by atoms with van der Waals surface area (Å²) in [6.07, 6.45) is 0.805. The van der Waals surface area contributed by atoms with Gasteiger partial charge in [-0.1, -0.05) is 67.6 Å². The maximum Gasteiger partial charge on any atom is 0.243 e. The van der Waals surface area contributed by atoms with Crippen molar-refractivity contribution in [2.45, 2.75) is 50.2 Å². The molecule has 0 aromatic heterocycles. The number of carbonyl (C=O) groups excluding carboxylic acids is 2. The van der Waals surface area contributed by atoms with Gasteiger partial charge in [0.2, 0.25) is 28.6 Å². The van der Waals surface area contributed by atoms with Crippen LogP contribution in [0.4, 0.5) is 0 Å². The van der Waals surface area contributed by atoms with Crippen LogP contribution in [0, 0.1) is 0 Å². The third kappa shape index (κ3) is 8.90. The van der Waals surface area contributed by atoms with Crippen LogP contribution in [-0.2, 0) is 45.5 Å². The van der Waals surface area contributed by atoms with Gasteiger partial charge < -0.3 is 24.4 Å². The summed E-state index contributed by atoms with van der Waals surface area (Å²) in [7, 11) is -1.99. The summed E-state index contributed by atoms with van der Waals surface area (Å²) in [6, 6.07) is 28.2. The van der Waals surface area contributed by atoms with E-state index in [1.54, 1.807) is 31.1 Å². The largest absolute Gasteiger partial charge is 0.497 e. The zero-order valence-electron chi connectivity index (χ0n) is 26.5. The van der Waals surface area contributed by atoms with E-state index in [1.165, 1.54) is 12.1 Å². The SMILES string of the molecule is CCNS(=O)(=O)c1ccc(CCC(=O)N(Cc2ccc(OC)cc2)[C@H](Cc2ccccc2)C(=O)NCc2ccc3c(c2)OCO3)cc1. The lowest BCUT2D eigenvalue weighted by Gasteiger charge is -2.32. The first-order valence-electron chi connectivity index (χ1n) is 15.5. The molecule has 0 saturated carbocycles. The topological polar surface area (TPSA) is 123 Å². The number of amides is 2. The van der Waals surface area contributed by atoms with Crippen LogP contribution in [0.5, 0.6) is 17.2 Å². The molecule has 0 bridgehead atoms. The van der Waals surface area contributed by atoms with E-state index in [0.717, 1.165) is 22.3 Å². The van der Waals surface area contributed by atoms with Gasteiger partial charge in [-0.3, -0.25) is 9.59 Å². The molecule has 0 radical (unpaired) electrons. The van der Waals surface area contributed by atoms with Crippen LogP contribution in [0.1, 0.15) is 35.6 Å². The average Bonchev–Trinajstić information content (AvgIpc) is 3.57. The van der Waals surface area contributed by atoms with Gasteiger partial charge in [-0.15, -0.1) is 0 Å². The van der Waals surface area contributed by atoms with Gasteiger partial charge in [0.15, 0.2) is 11.5 Å². The van der Waals surface area contributed by atoms with Gasteiger partial charge in [0.05, 0.1) is 12.0 Å². The normalized spacial score (nSPS) is 12.7. The Hall–Kier alpha value is -4.87. The van der Waals surface area contributed by atoms with E-state index in [9.17, 15) is 18.0 Å². The van der Waals surface area contributed by atoms with Crippen molar-refractivity contribution < 1.29 is 32.2 Å². The number of hydrogen-bond acceptors (Lipinski definition) is 7. The van der Waals surface area contributed by atoms with Gasteiger partial charge in [-0.2, -0.15) is 0 Å². The summed E-state index contributed by atoms with van der Waals surface area (Å²) in [5, 5.41) is 3.04. The molecule has 0 unspecified atom stereocenters. The van der Waals surface area contributed by atoms with Crippen LogP contribution in [-0.4, -0.2) is 51.6 Å². The van der Waals surface area contributed by atoms with Crippen LogP contribution in [0.3, 0.4) is 0 Å².